The van der Waals surface area contributed by atoms with Gasteiger partial charge in [0.05, 0.1) is 12.2 Å². The van der Waals surface area contributed by atoms with Crippen LogP contribution in [-0.4, -0.2) is 46.6 Å². The number of carbonyl (C=O) groups is 1. The number of halogens is 3. The lowest BCUT2D eigenvalue weighted by Gasteiger charge is -2.19. The molecule has 2 N–H and O–H groups in total. The highest BCUT2D eigenvalue weighted by Crippen LogP contribution is 2.34. The standard InChI is InChI=1S/C19H20F3N3O3/c20-19(21,22)16-2-1-8-23-18(16)24-14-7-9-25(10-14)17(27)12-28-15-5-3-13(11-26)4-6-15/h1-6,8,14,26H,7,9-12H2,(H,23,24). The number of nitrogens with one attached hydrogen (secondary N) is 1. The first-order valence-electron chi connectivity index (χ1n) is 8.76. The first-order valence-corrected chi connectivity index (χ1v) is 8.76. The second-order valence-corrected chi connectivity index (χ2v) is 6.46. The van der Waals surface area contributed by atoms with E-state index in [1.807, 2.05) is 0 Å². The second-order valence-electron chi connectivity index (χ2n) is 6.46. The third-order valence-corrected chi connectivity index (χ3v) is 4.46. The van der Waals surface area contributed by atoms with E-state index in [4.69, 9.17) is 9.84 Å². The molecule has 1 saturated heterocycles. The molecule has 0 bridgehead atoms. The molecule has 1 aliphatic rings. The first kappa shape index (κ1) is 19.9. The van der Waals surface area contributed by atoms with E-state index in [0.717, 1.165) is 11.6 Å². The van der Waals surface area contributed by atoms with Gasteiger partial charge in [-0.25, -0.2) is 4.98 Å². The number of nitrogens with zero attached hydrogens (tertiary/aromatic N) is 2. The van der Waals surface area contributed by atoms with Crippen LogP contribution >= 0.6 is 0 Å². The molecule has 2 aromatic rings. The van der Waals surface area contributed by atoms with Crippen LogP contribution in [0.4, 0.5) is 19.0 Å². The highest BCUT2D eigenvalue weighted by molar-refractivity contribution is 5.78. The molecule has 150 valence electrons. The van der Waals surface area contributed by atoms with Crippen molar-refractivity contribution >= 4 is 11.7 Å². The molecular weight excluding hydrogens is 375 g/mol. The normalized spacial score (nSPS) is 16.9. The van der Waals surface area contributed by atoms with Gasteiger partial charge in [-0.3, -0.25) is 4.79 Å². The van der Waals surface area contributed by atoms with Gasteiger partial charge >= 0.3 is 6.18 Å². The second kappa shape index (κ2) is 8.47. The summed E-state index contributed by atoms with van der Waals surface area (Å²) in [6.07, 6.45) is -2.68. The molecule has 0 radical (unpaired) electrons. The summed E-state index contributed by atoms with van der Waals surface area (Å²) in [5, 5.41) is 11.8. The molecule has 1 aliphatic heterocycles. The van der Waals surface area contributed by atoms with Crippen molar-refractivity contribution in [2.75, 3.05) is 25.0 Å². The van der Waals surface area contributed by atoms with Crippen LogP contribution in [0.5, 0.6) is 5.75 Å². The van der Waals surface area contributed by atoms with Crippen molar-refractivity contribution in [2.24, 2.45) is 0 Å². The van der Waals surface area contributed by atoms with Gasteiger partial charge in [0.1, 0.15) is 11.6 Å². The molecule has 1 atom stereocenters. The minimum atomic E-state index is -4.50. The third-order valence-electron chi connectivity index (χ3n) is 4.46. The lowest BCUT2D eigenvalue weighted by Crippen LogP contribution is -2.35. The lowest BCUT2D eigenvalue weighted by molar-refractivity contribution is -0.137. The van der Waals surface area contributed by atoms with Crippen molar-refractivity contribution in [3.63, 3.8) is 0 Å². The summed E-state index contributed by atoms with van der Waals surface area (Å²) in [6.45, 7) is 0.466. The fraction of sp³-hybridized carbons (Fsp3) is 0.368. The van der Waals surface area contributed by atoms with Crippen molar-refractivity contribution in [1.82, 2.24) is 9.88 Å². The Labute approximate surface area is 159 Å². The summed E-state index contributed by atoms with van der Waals surface area (Å²) < 4.78 is 44.6. The van der Waals surface area contributed by atoms with E-state index >= 15 is 0 Å². The van der Waals surface area contributed by atoms with Crippen molar-refractivity contribution in [2.45, 2.75) is 25.2 Å². The van der Waals surface area contributed by atoms with E-state index in [1.54, 1.807) is 29.2 Å². The quantitative estimate of drug-likeness (QED) is 0.787. The van der Waals surface area contributed by atoms with E-state index < -0.39 is 11.7 Å². The van der Waals surface area contributed by atoms with Gasteiger partial charge in [-0.1, -0.05) is 12.1 Å². The van der Waals surface area contributed by atoms with Gasteiger partial charge in [-0.15, -0.1) is 0 Å². The molecule has 1 fully saturated rings. The number of benzene rings is 1. The SMILES string of the molecule is O=C(COc1ccc(CO)cc1)N1CCC(Nc2ncccc2C(F)(F)F)C1. The molecule has 0 saturated carbocycles. The predicted octanol–water partition coefficient (Wildman–Crippen LogP) is 2.68. The van der Waals surface area contributed by atoms with Crippen molar-refractivity contribution in [1.29, 1.82) is 0 Å². The van der Waals surface area contributed by atoms with Crippen LogP contribution in [0, 0.1) is 0 Å². The van der Waals surface area contributed by atoms with Crippen molar-refractivity contribution < 1.29 is 27.8 Å². The van der Waals surface area contributed by atoms with Crippen molar-refractivity contribution in [3.8, 4) is 5.75 Å². The van der Waals surface area contributed by atoms with Gasteiger partial charge in [0.15, 0.2) is 6.61 Å². The largest absolute Gasteiger partial charge is 0.484 e. The van der Waals surface area contributed by atoms with Crippen molar-refractivity contribution in [3.05, 3.63) is 53.7 Å². The molecule has 6 nitrogen and oxygen atoms in total. The topological polar surface area (TPSA) is 74.7 Å². The van der Waals surface area contributed by atoms with Crippen LogP contribution in [-0.2, 0) is 17.6 Å². The van der Waals surface area contributed by atoms with Crippen LogP contribution in [0.2, 0.25) is 0 Å². The zero-order chi connectivity index (χ0) is 20.1. The molecule has 1 aromatic carbocycles. The maximum absolute atomic E-state index is 13.1. The summed E-state index contributed by atoms with van der Waals surface area (Å²) in [5.41, 5.74) is -0.0886. The average molecular weight is 395 g/mol. The number of aromatic nitrogens is 1. The summed E-state index contributed by atoms with van der Waals surface area (Å²) in [7, 11) is 0. The molecule has 1 aromatic heterocycles. The minimum absolute atomic E-state index is 0.0757. The van der Waals surface area contributed by atoms with E-state index in [1.165, 1.54) is 12.3 Å². The van der Waals surface area contributed by atoms with Gasteiger partial charge in [0, 0.05) is 25.3 Å². The van der Waals surface area contributed by atoms with Gasteiger partial charge < -0.3 is 20.1 Å². The van der Waals surface area contributed by atoms with E-state index in [9.17, 15) is 18.0 Å². The Hall–Kier alpha value is -2.81. The molecule has 1 amide bonds. The van der Waals surface area contributed by atoms with Crippen LogP contribution < -0.4 is 10.1 Å². The molecule has 1 unspecified atom stereocenters. The van der Waals surface area contributed by atoms with E-state index in [-0.39, 0.29) is 37.5 Å². The predicted molar refractivity (Wildman–Crippen MR) is 95.7 cm³/mol. The number of aliphatic hydroxyl groups is 1. The zero-order valence-corrected chi connectivity index (χ0v) is 14.9. The molecule has 9 heteroatoms. The van der Waals surface area contributed by atoms with Gasteiger partial charge in [-0.05, 0) is 36.2 Å². The number of hydrogen-bond donors (Lipinski definition) is 2. The maximum atomic E-state index is 13.1. The molecule has 0 spiro atoms. The number of hydrogen-bond acceptors (Lipinski definition) is 5. The zero-order valence-electron chi connectivity index (χ0n) is 14.9. The number of pyridine rings is 1. The molecule has 3 rings (SSSR count). The first-order chi connectivity index (χ1) is 13.4. The highest BCUT2D eigenvalue weighted by Gasteiger charge is 2.35. The Balaban J connectivity index is 1.53. The summed E-state index contributed by atoms with van der Waals surface area (Å²) >= 11 is 0. The number of anilines is 1. The fourth-order valence-corrected chi connectivity index (χ4v) is 2.97. The Morgan fingerprint density at radius 3 is 2.71 bits per heavy atom. The monoisotopic (exact) mass is 395 g/mol. The van der Waals surface area contributed by atoms with Gasteiger partial charge in [-0.2, -0.15) is 13.2 Å². The molecule has 28 heavy (non-hydrogen) atoms. The summed E-state index contributed by atoms with van der Waals surface area (Å²) in [4.78, 5) is 17.6. The van der Waals surface area contributed by atoms with Gasteiger partial charge in [0.25, 0.3) is 5.91 Å². The van der Waals surface area contributed by atoms with E-state index in [0.29, 0.717) is 18.7 Å². The lowest BCUT2D eigenvalue weighted by atomic mass is 10.2. The van der Waals surface area contributed by atoms with Crippen LogP contribution in [0.15, 0.2) is 42.6 Å². The summed E-state index contributed by atoms with van der Waals surface area (Å²) in [5.74, 6) is 0.0323. The van der Waals surface area contributed by atoms with Crippen LogP contribution in [0.1, 0.15) is 17.5 Å². The number of amides is 1. The number of likely N-dealkylation sites (tertiary alicyclic amines) is 1. The average Bonchev–Trinajstić information content (AvgIpc) is 3.14. The molecular formula is C19H20F3N3O3. The molecule has 2 heterocycles. The van der Waals surface area contributed by atoms with Crippen LogP contribution in [0.3, 0.4) is 0 Å². The highest BCUT2D eigenvalue weighted by atomic mass is 19.4. The number of aliphatic hydroxyl groups excluding tert-OH is 1. The Bertz CT molecular complexity index is 812. The number of ether oxygens (including phenoxy) is 1. The Kier molecular flexibility index (Phi) is 6.03. The number of alkyl halides is 3. The summed E-state index contributed by atoms with van der Waals surface area (Å²) in [6, 6.07) is 8.61. The third kappa shape index (κ3) is 4.92. The Morgan fingerprint density at radius 2 is 2.04 bits per heavy atom. The smallest absolute Gasteiger partial charge is 0.419 e. The minimum Gasteiger partial charge on any atom is -0.484 e. The Morgan fingerprint density at radius 1 is 1.29 bits per heavy atom. The van der Waals surface area contributed by atoms with Crippen LogP contribution in [0.25, 0.3) is 0 Å². The molecule has 0 aliphatic carbocycles. The van der Waals surface area contributed by atoms with E-state index in [2.05, 4.69) is 10.3 Å². The number of rotatable bonds is 6. The maximum Gasteiger partial charge on any atom is 0.419 e. The fourth-order valence-electron chi connectivity index (χ4n) is 2.97. The number of carbonyl (C=O) groups excluding carboxylic acids is 1. The van der Waals surface area contributed by atoms with Gasteiger partial charge in [0.2, 0.25) is 0 Å².